The lowest BCUT2D eigenvalue weighted by Gasteiger charge is -2.37. The second kappa shape index (κ2) is 7.29. The number of hydrogen-bond acceptors (Lipinski definition) is 2. The van der Waals surface area contributed by atoms with E-state index in [4.69, 9.17) is 4.74 Å². The first-order chi connectivity index (χ1) is 7.79. The van der Waals surface area contributed by atoms with Gasteiger partial charge in [-0.2, -0.15) is 0 Å². The average Bonchev–Trinajstić information content (AvgIpc) is 2.79. The van der Waals surface area contributed by atoms with E-state index in [-0.39, 0.29) is 0 Å². The van der Waals surface area contributed by atoms with Crippen molar-refractivity contribution in [2.75, 3.05) is 19.8 Å². The Balaban J connectivity index is 2.56. The highest BCUT2D eigenvalue weighted by molar-refractivity contribution is 4.93. The summed E-state index contributed by atoms with van der Waals surface area (Å²) < 4.78 is 5.67. The molecule has 2 nitrogen and oxygen atoms in total. The van der Waals surface area contributed by atoms with E-state index in [1.807, 2.05) is 0 Å². The molecule has 0 bridgehead atoms. The zero-order valence-electron chi connectivity index (χ0n) is 11.3. The molecule has 1 rings (SSSR count). The highest BCUT2D eigenvalue weighted by Crippen LogP contribution is 2.43. The second-order valence-corrected chi connectivity index (χ2v) is 5.09. The molecular weight excluding hydrogens is 198 g/mol. The maximum Gasteiger partial charge on any atom is 0.0624 e. The molecular formula is C14H29NO. The van der Waals surface area contributed by atoms with Crippen LogP contribution in [0.4, 0.5) is 0 Å². The van der Waals surface area contributed by atoms with Gasteiger partial charge in [0.05, 0.1) is 6.61 Å². The quantitative estimate of drug-likeness (QED) is 0.686. The Labute approximate surface area is 101 Å². The monoisotopic (exact) mass is 227 g/mol. The standard InChI is InChI=1S/C14H29NO/c1-4-11-15-13(12-16-6-3)14(5-2)9-7-8-10-14/h13,15H,4-12H2,1-3H3. The largest absolute Gasteiger partial charge is 0.380 e. The van der Waals surface area contributed by atoms with Crippen LogP contribution in [0.15, 0.2) is 0 Å². The molecule has 0 aromatic heterocycles. The fourth-order valence-electron chi connectivity index (χ4n) is 3.03. The van der Waals surface area contributed by atoms with Gasteiger partial charge in [0.15, 0.2) is 0 Å². The molecule has 1 N–H and O–H groups in total. The summed E-state index contributed by atoms with van der Waals surface area (Å²) in [5.74, 6) is 0. The summed E-state index contributed by atoms with van der Waals surface area (Å²) in [5.41, 5.74) is 0.518. The molecule has 1 saturated carbocycles. The summed E-state index contributed by atoms with van der Waals surface area (Å²) in [4.78, 5) is 0. The minimum absolute atomic E-state index is 0.518. The lowest BCUT2D eigenvalue weighted by atomic mass is 9.76. The molecule has 0 spiro atoms. The van der Waals surface area contributed by atoms with Gasteiger partial charge in [0.1, 0.15) is 0 Å². The number of hydrogen-bond donors (Lipinski definition) is 1. The van der Waals surface area contributed by atoms with Crippen LogP contribution in [0.1, 0.15) is 59.3 Å². The van der Waals surface area contributed by atoms with E-state index in [1.54, 1.807) is 0 Å². The van der Waals surface area contributed by atoms with Crippen LogP contribution in [0, 0.1) is 5.41 Å². The van der Waals surface area contributed by atoms with Gasteiger partial charge in [-0.05, 0) is 44.6 Å². The third kappa shape index (κ3) is 3.46. The Morgan fingerprint density at radius 2 is 1.88 bits per heavy atom. The Morgan fingerprint density at radius 1 is 1.19 bits per heavy atom. The van der Waals surface area contributed by atoms with Crippen LogP contribution >= 0.6 is 0 Å². The van der Waals surface area contributed by atoms with Gasteiger partial charge in [-0.3, -0.25) is 0 Å². The second-order valence-electron chi connectivity index (χ2n) is 5.09. The smallest absolute Gasteiger partial charge is 0.0624 e. The average molecular weight is 227 g/mol. The van der Waals surface area contributed by atoms with Crippen molar-refractivity contribution in [3.8, 4) is 0 Å². The van der Waals surface area contributed by atoms with Gasteiger partial charge in [0, 0.05) is 12.6 Å². The molecule has 2 heteroatoms. The zero-order valence-corrected chi connectivity index (χ0v) is 11.3. The fraction of sp³-hybridized carbons (Fsp3) is 1.00. The maximum atomic E-state index is 5.67. The van der Waals surface area contributed by atoms with Crippen molar-refractivity contribution in [3.05, 3.63) is 0 Å². The predicted octanol–water partition coefficient (Wildman–Crippen LogP) is 3.36. The molecule has 0 heterocycles. The van der Waals surface area contributed by atoms with Crippen LogP contribution in [0.3, 0.4) is 0 Å². The zero-order chi connectivity index (χ0) is 11.9. The van der Waals surface area contributed by atoms with Crippen LogP contribution < -0.4 is 5.32 Å². The van der Waals surface area contributed by atoms with Crippen molar-refractivity contribution in [1.82, 2.24) is 5.32 Å². The van der Waals surface area contributed by atoms with Crippen LogP contribution in [-0.4, -0.2) is 25.8 Å². The third-order valence-electron chi connectivity index (χ3n) is 4.17. The van der Waals surface area contributed by atoms with Crippen LogP contribution in [0.5, 0.6) is 0 Å². The van der Waals surface area contributed by atoms with Gasteiger partial charge in [-0.15, -0.1) is 0 Å². The Morgan fingerprint density at radius 3 is 2.38 bits per heavy atom. The van der Waals surface area contributed by atoms with Gasteiger partial charge in [0.25, 0.3) is 0 Å². The minimum atomic E-state index is 0.518. The molecule has 1 aliphatic carbocycles. The molecule has 1 aliphatic rings. The molecule has 1 fully saturated rings. The molecule has 0 aromatic carbocycles. The van der Waals surface area contributed by atoms with E-state index in [9.17, 15) is 0 Å². The first kappa shape index (κ1) is 14.0. The third-order valence-corrected chi connectivity index (χ3v) is 4.17. The van der Waals surface area contributed by atoms with Gasteiger partial charge >= 0.3 is 0 Å². The van der Waals surface area contributed by atoms with Crippen molar-refractivity contribution in [1.29, 1.82) is 0 Å². The molecule has 1 atom stereocenters. The molecule has 96 valence electrons. The van der Waals surface area contributed by atoms with E-state index in [1.165, 1.54) is 38.5 Å². The Hall–Kier alpha value is -0.0800. The lowest BCUT2D eigenvalue weighted by Crippen LogP contribution is -2.47. The molecule has 0 aliphatic heterocycles. The lowest BCUT2D eigenvalue weighted by molar-refractivity contribution is 0.0620. The number of ether oxygens (including phenoxy) is 1. The summed E-state index contributed by atoms with van der Waals surface area (Å²) in [6.45, 7) is 9.52. The number of rotatable bonds is 8. The summed E-state index contributed by atoms with van der Waals surface area (Å²) >= 11 is 0. The van der Waals surface area contributed by atoms with Crippen molar-refractivity contribution in [2.45, 2.75) is 65.3 Å². The van der Waals surface area contributed by atoms with Gasteiger partial charge in [-0.1, -0.05) is 26.7 Å². The van der Waals surface area contributed by atoms with E-state index in [2.05, 4.69) is 26.1 Å². The van der Waals surface area contributed by atoms with E-state index >= 15 is 0 Å². The first-order valence-electron chi connectivity index (χ1n) is 7.10. The van der Waals surface area contributed by atoms with Crippen molar-refractivity contribution < 1.29 is 4.74 Å². The summed E-state index contributed by atoms with van der Waals surface area (Å²) in [5, 5.41) is 3.71. The fourth-order valence-corrected chi connectivity index (χ4v) is 3.03. The first-order valence-corrected chi connectivity index (χ1v) is 7.10. The van der Waals surface area contributed by atoms with E-state index < -0.39 is 0 Å². The Bertz CT molecular complexity index is 168. The van der Waals surface area contributed by atoms with Crippen LogP contribution in [-0.2, 0) is 4.74 Å². The minimum Gasteiger partial charge on any atom is -0.380 e. The van der Waals surface area contributed by atoms with E-state index in [0.717, 1.165) is 19.8 Å². The molecule has 0 amide bonds. The van der Waals surface area contributed by atoms with Crippen LogP contribution in [0.2, 0.25) is 0 Å². The van der Waals surface area contributed by atoms with Crippen LogP contribution in [0.25, 0.3) is 0 Å². The molecule has 0 radical (unpaired) electrons. The summed E-state index contributed by atoms with van der Waals surface area (Å²) in [7, 11) is 0. The highest BCUT2D eigenvalue weighted by Gasteiger charge is 2.39. The van der Waals surface area contributed by atoms with Gasteiger partial charge < -0.3 is 10.1 Å². The van der Waals surface area contributed by atoms with Gasteiger partial charge in [-0.25, -0.2) is 0 Å². The van der Waals surface area contributed by atoms with E-state index in [0.29, 0.717) is 11.5 Å². The molecule has 16 heavy (non-hydrogen) atoms. The highest BCUT2D eigenvalue weighted by atomic mass is 16.5. The normalized spacial score (nSPS) is 21.2. The molecule has 0 aromatic rings. The van der Waals surface area contributed by atoms with Crippen molar-refractivity contribution >= 4 is 0 Å². The summed E-state index contributed by atoms with van der Waals surface area (Å²) in [6.07, 6.45) is 8.09. The Kier molecular flexibility index (Phi) is 6.37. The maximum absolute atomic E-state index is 5.67. The molecule has 0 saturated heterocycles. The van der Waals surface area contributed by atoms with Gasteiger partial charge in [0.2, 0.25) is 0 Å². The summed E-state index contributed by atoms with van der Waals surface area (Å²) in [6, 6.07) is 0.569. The van der Waals surface area contributed by atoms with Crippen molar-refractivity contribution in [2.24, 2.45) is 5.41 Å². The predicted molar refractivity (Wildman–Crippen MR) is 69.8 cm³/mol. The number of nitrogens with one attached hydrogen (secondary N) is 1. The topological polar surface area (TPSA) is 21.3 Å². The SMILES string of the molecule is CCCNC(COCC)C1(CC)CCCC1. The molecule has 1 unspecified atom stereocenters. The van der Waals surface area contributed by atoms with Crippen molar-refractivity contribution in [3.63, 3.8) is 0 Å².